The van der Waals surface area contributed by atoms with Crippen LogP contribution in [0.1, 0.15) is 43.5 Å². The van der Waals surface area contributed by atoms with Crippen LogP contribution in [0.4, 0.5) is 0 Å². The largest absolute Gasteiger partial charge is 0.490 e. The second-order valence-corrected chi connectivity index (χ2v) is 6.37. The molecule has 1 amide bonds. The number of amides is 1. The average Bonchev–Trinajstić information content (AvgIpc) is 2.60. The van der Waals surface area contributed by atoms with Gasteiger partial charge in [0.2, 0.25) is 0 Å². The molecule has 1 aromatic carbocycles. The summed E-state index contributed by atoms with van der Waals surface area (Å²) in [6.45, 7) is 6.85. The van der Waals surface area contributed by atoms with Crippen LogP contribution in [0.2, 0.25) is 5.02 Å². The van der Waals surface area contributed by atoms with Gasteiger partial charge >= 0.3 is 0 Å². The lowest BCUT2D eigenvalue weighted by Crippen LogP contribution is -2.43. The molecule has 1 N–H and O–H groups in total. The maximum Gasteiger partial charge on any atom is 0.254 e. The van der Waals surface area contributed by atoms with E-state index in [0.29, 0.717) is 35.3 Å². The predicted octanol–water partition coefficient (Wildman–Crippen LogP) is 3.35. The molecule has 0 radical (unpaired) electrons. The lowest BCUT2D eigenvalue weighted by Gasteiger charge is -2.32. The van der Waals surface area contributed by atoms with Crippen molar-refractivity contribution >= 4 is 17.5 Å². The Morgan fingerprint density at radius 1 is 1.29 bits per heavy atom. The molecule has 1 aliphatic heterocycles. The molecular formula is C18H27ClN2O3. The zero-order valence-corrected chi connectivity index (χ0v) is 15.5. The normalized spacial score (nSPS) is 15.2. The summed E-state index contributed by atoms with van der Waals surface area (Å²) in [5.41, 5.74) is 0.535. The van der Waals surface area contributed by atoms with Gasteiger partial charge in [-0.3, -0.25) is 4.79 Å². The van der Waals surface area contributed by atoms with Crippen LogP contribution in [0.5, 0.6) is 11.5 Å². The van der Waals surface area contributed by atoms with Gasteiger partial charge in [0.15, 0.2) is 11.5 Å². The molecule has 2 rings (SSSR count). The van der Waals surface area contributed by atoms with Crippen LogP contribution in [0.3, 0.4) is 0 Å². The van der Waals surface area contributed by atoms with E-state index in [0.717, 1.165) is 32.4 Å². The van der Waals surface area contributed by atoms with Crippen molar-refractivity contribution in [2.45, 2.75) is 39.2 Å². The minimum atomic E-state index is -0.0354. The number of piperidine rings is 1. The minimum absolute atomic E-state index is 0.0354. The molecule has 0 aromatic heterocycles. The number of halogens is 1. The Morgan fingerprint density at radius 2 is 2.00 bits per heavy atom. The predicted molar refractivity (Wildman–Crippen MR) is 96.4 cm³/mol. The molecule has 1 fully saturated rings. The molecule has 0 spiro atoms. The van der Waals surface area contributed by atoms with Gasteiger partial charge in [0, 0.05) is 18.7 Å². The highest BCUT2D eigenvalue weighted by Crippen LogP contribution is 2.37. The molecule has 1 aromatic rings. The van der Waals surface area contributed by atoms with Gasteiger partial charge in [0.1, 0.15) is 0 Å². The van der Waals surface area contributed by atoms with Gasteiger partial charge in [-0.15, -0.1) is 0 Å². The zero-order valence-electron chi connectivity index (χ0n) is 14.7. The van der Waals surface area contributed by atoms with Crippen molar-refractivity contribution in [2.24, 2.45) is 0 Å². The molecule has 0 atom stereocenters. The highest BCUT2D eigenvalue weighted by molar-refractivity contribution is 6.32. The molecule has 1 heterocycles. The third-order valence-electron chi connectivity index (χ3n) is 4.18. The van der Waals surface area contributed by atoms with Gasteiger partial charge in [-0.1, -0.05) is 18.5 Å². The second-order valence-electron chi connectivity index (χ2n) is 5.96. The maximum atomic E-state index is 12.8. The third kappa shape index (κ3) is 4.54. The Balaban J connectivity index is 2.23. The van der Waals surface area contributed by atoms with E-state index >= 15 is 0 Å². The third-order valence-corrected chi connectivity index (χ3v) is 4.46. The molecule has 24 heavy (non-hydrogen) atoms. The van der Waals surface area contributed by atoms with Crippen molar-refractivity contribution in [1.29, 1.82) is 0 Å². The smallest absolute Gasteiger partial charge is 0.254 e. The number of carbonyl (C=O) groups is 1. The summed E-state index contributed by atoms with van der Waals surface area (Å²) in [7, 11) is 1.86. The fourth-order valence-electron chi connectivity index (χ4n) is 2.86. The van der Waals surface area contributed by atoms with E-state index in [1.165, 1.54) is 0 Å². The highest BCUT2D eigenvalue weighted by Gasteiger charge is 2.24. The van der Waals surface area contributed by atoms with Crippen LogP contribution < -0.4 is 14.8 Å². The van der Waals surface area contributed by atoms with Crippen LogP contribution in [-0.2, 0) is 0 Å². The lowest BCUT2D eigenvalue weighted by molar-refractivity contribution is 0.0702. The number of nitrogens with one attached hydrogen (secondary N) is 1. The van der Waals surface area contributed by atoms with Crippen molar-refractivity contribution in [3.8, 4) is 11.5 Å². The summed E-state index contributed by atoms with van der Waals surface area (Å²) in [5.74, 6) is 1.01. The molecule has 0 unspecified atom stereocenters. The Morgan fingerprint density at radius 3 is 2.62 bits per heavy atom. The van der Waals surface area contributed by atoms with Gasteiger partial charge in [-0.2, -0.15) is 0 Å². The summed E-state index contributed by atoms with van der Waals surface area (Å²) in [5, 5.41) is 3.73. The topological polar surface area (TPSA) is 50.8 Å². The van der Waals surface area contributed by atoms with Gasteiger partial charge in [-0.05, 0) is 51.4 Å². The Hall–Kier alpha value is -1.46. The number of benzene rings is 1. The number of hydrogen-bond donors (Lipinski definition) is 1. The van der Waals surface area contributed by atoms with Gasteiger partial charge < -0.3 is 19.7 Å². The van der Waals surface area contributed by atoms with Crippen molar-refractivity contribution in [3.05, 3.63) is 22.7 Å². The molecular weight excluding hydrogens is 328 g/mol. The maximum absolute atomic E-state index is 12.8. The standard InChI is InChI=1S/C18H27ClN2O3/c1-4-10-24-17-15(19)11-13(12-16(17)23-5-2)18(22)21(3)14-6-8-20-9-7-14/h11-12,14,20H,4-10H2,1-3H3. The van der Waals surface area contributed by atoms with Crippen LogP contribution in [0.15, 0.2) is 12.1 Å². The first-order valence-electron chi connectivity index (χ1n) is 8.65. The van der Waals surface area contributed by atoms with Crippen LogP contribution in [-0.4, -0.2) is 50.2 Å². The fraction of sp³-hybridized carbons (Fsp3) is 0.611. The zero-order chi connectivity index (χ0) is 17.5. The summed E-state index contributed by atoms with van der Waals surface area (Å²) >= 11 is 6.35. The summed E-state index contributed by atoms with van der Waals surface area (Å²) < 4.78 is 11.3. The Bertz CT molecular complexity index is 559. The fourth-order valence-corrected chi connectivity index (χ4v) is 3.13. The molecule has 0 aliphatic carbocycles. The van der Waals surface area contributed by atoms with E-state index < -0.39 is 0 Å². The monoisotopic (exact) mass is 354 g/mol. The molecule has 0 saturated carbocycles. The van der Waals surface area contributed by atoms with Gasteiger partial charge in [-0.25, -0.2) is 0 Å². The number of rotatable bonds is 7. The van der Waals surface area contributed by atoms with Crippen LogP contribution in [0, 0.1) is 0 Å². The average molecular weight is 355 g/mol. The Kier molecular flexibility index (Phi) is 7.18. The molecule has 1 saturated heterocycles. The quantitative estimate of drug-likeness (QED) is 0.815. The van der Waals surface area contributed by atoms with Crippen LogP contribution in [0.25, 0.3) is 0 Å². The highest BCUT2D eigenvalue weighted by atomic mass is 35.5. The molecule has 5 nitrogen and oxygen atoms in total. The minimum Gasteiger partial charge on any atom is -0.490 e. The number of nitrogens with zero attached hydrogens (tertiary/aromatic N) is 1. The van der Waals surface area contributed by atoms with E-state index in [1.807, 2.05) is 25.8 Å². The molecule has 0 bridgehead atoms. The first kappa shape index (κ1) is 18.9. The SMILES string of the molecule is CCCOc1c(Cl)cc(C(=O)N(C)C2CCNCC2)cc1OCC. The first-order valence-corrected chi connectivity index (χ1v) is 9.03. The van der Waals surface area contributed by atoms with E-state index in [9.17, 15) is 4.79 Å². The van der Waals surface area contributed by atoms with Crippen LogP contribution >= 0.6 is 11.6 Å². The van der Waals surface area contributed by atoms with Gasteiger partial charge in [0.05, 0.1) is 18.2 Å². The van der Waals surface area contributed by atoms with E-state index in [4.69, 9.17) is 21.1 Å². The number of carbonyl (C=O) groups excluding carboxylic acids is 1. The number of hydrogen-bond acceptors (Lipinski definition) is 4. The van der Waals surface area contributed by atoms with Crippen molar-refractivity contribution in [3.63, 3.8) is 0 Å². The van der Waals surface area contributed by atoms with E-state index in [2.05, 4.69) is 5.32 Å². The molecule has 1 aliphatic rings. The van der Waals surface area contributed by atoms with Crippen molar-refractivity contribution < 1.29 is 14.3 Å². The van der Waals surface area contributed by atoms with Crippen molar-refractivity contribution in [1.82, 2.24) is 10.2 Å². The van der Waals surface area contributed by atoms with Crippen molar-refractivity contribution in [2.75, 3.05) is 33.4 Å². The van der Waals surface area contributed by atoms with E-state index in [-0.39, 0.29) is 11.9 Å². The lowest BCUT2D eigenvalue weighted by atomic mass is 10.0. The summed E-state index contributed by atoms with van der Waals surface area (Å²) in [6.07, 6.45) is 2.80. The first-order chi connectivity index (χ1) is 11.6. The van der Waals surface area contributed by atoms with E-state index in [1.54, 1.807) is 12.1 Å². The Labute approximate surface area is 149 Å². The molecule has 6 heteroatoms. The van der Waals surface area contributed by atoms with Gasteiger partial charge in [0.25, 0.3) is 5.91 Å². The summed E-state index contributed by atoms with van der Waals surface area (Å²) in [4.78, 5) is 14.6. The summed E-state index contributed by atoms with van der Waals surface area (Å²) in [6, 6.07) is 3.67. The molecule has 134 valence electrons. The second kappa shape index (κ2) is 9.14. The number of ether oxygens (including phenoxy) is 2.